The topological polar surface area (TPSA) is 110 Å². The van der Waals surface area contributed by atoms with Gasteiger partial charge in [-0.25, -0.2) is 4.79 Å². The lowest BCUT2D eigenvalue weighted by Gasteiger charge is -2.22. The van der Waals surface area contributed by atoms with E-state index < -0.39 is 11.6 Å². The van der Waals surface area contributed by atoms with Crippen molar-refractivity contribution in [1.82, 2.24) is 0 Å². The molecule has 0 aliphatic heterocycles. The first-order valence-electron chi connectivity index (χ1n) is 6.26. The number of amides is 3. The van der Waals surface area contributed by atoms with E-state index in [1.807, 2.05) is 0 Å². The van der Waals surface area contributed by atoms with E-state index in [0.717, 1.165) is 25.7 Å². The molecule has 1 aliphatic carbocycles. The molecule has 3 amide bonds. The molecule has 6 nitrogen and oxygen atoms in total. The van der Waals surface area contributed by atoms with Crippen LogP contribution in [-0.2, 0) is 4.79 Å². The Bertz CT molecular complexity index is 478. The second-order valence-corrected chi connectivity index (χ2v) is 4.88. The number of carbonyl (C=O) groups excluding carboxylic acids is 2. The van der Waals surface area contributed by atoms with E-state index in [9.17, 15) is 9.59 Å². The number of carbonyl (C=O) groups is 2. The molecule has 1 aliphatic rings. The molecule has 1 aromatic carbocycles. The molecular weight excluding hydrogens is 244 g/mol. The number of benzene rings is 1. The van der Waals surface area contributed by atoms with Gasteiger partial charge in [0, 0.05) is 11.4 Å². The fraction of sp³-hybridized carbons (Fsp3) is 0.385. The summed E-state index contributed by atoms with van der Waals surface area (Å²) in [5, 5.41) is 5.25. The highest BCUT2D eigenvalue weighted by Gasteiger charge is 2.36. The van der Waals surface area contributed by atoms with Crippen LogP contribution in [0.25, 0.3) is 0 Å². The molecule has 0 unspecified atom stereocenters. The molecule has 6 heteroatoms. The average molecular weight is 262 g/mol. The van der Waals surface area contributed by atoms with E-state index in [0.29, 0.717) is 11.4 Å². The van der Waals surface area contributed by atoms with Crippen LogP contribution >= 0.6 is 0 Å². The number of hydrogen-bond donors (Lipinski definition) is 4. The Morgan fingerprint density at radius 3 is 1.95 bits per heavy atom. The van der Waals surface area contributed by atoms with Crippen LogP contribution in [0.5, 0.6) is 0 Å². The van der Waals surface area contributed by atoms with Crippen molar-refractivity contribution in [3.8, 4) is 0 Å². The van der Waals surface area contributed by atoms with Gasteiger partial charge in [0.15, 0.2) is 0 Å². The van der Waals surface area contributed by atoms with Crippen molar-refractivity contribution < 1.29 is 9.59 Å². The number of nitrogens with one attached hydrogen (secondary N) is 2. The van der Waals surface area contributed by atoms with Crippen molar-refractivity contribution >= 4 is 23.3 Å². The third kappa shape index (κ3) is 3.23. The first-order valence-corrected chi connectivity index (χ1v) is 6.26. The summed E-state index contributed by atoms with van der Waals surface area (Å²) in [4.78, 5) is 22.7. The molecule has 6 N–H and O–H groups in total. The molecule has 0 spiro atoms. The largest absolute Gasteiger partial charge is 0.351 e. The van der Waals surface area contributed by atoms with Gasteiger partial charge >= 0.3 is 6.03 Å². The SMILES string of the molecule is NC(=O)Nc1ccc(NC(=O)C2(N)CCCC2)cc1. The van der Waals surface area contributed by atoms with Crippen molar-refractivity contribution in [2.24, 2.45) is 11.5 Å². The van der Waals surface area contributed by atoms with E-state index in [4.69, 9.17) is 11.5 Å². The molecule has 0 saturated heterocycles. The maximum Gasteiger partial charge on any atom is 0.316 e. The minimum atomic E-state index is -0.746. The van der Waals surface area contributed by atoms with E-state index in [2.05, 4.69) is 10.6 Å². The zero-order chi connectivity index (χ0) is 13.9. The smallest absolute Gasteiger partial charge is 0.316 e. The lowest BCUT2D eigenvalue weighted by Crippen LogP contribution is -2.48. The molecular formula is C13H18N4O2. The van der Waals surface area contributed by atoms with Gasteiger partial charge in [0.25, 0.3) is 0 Å². The molecule has 0 atom stereocenters. The van der Waals surface area contributed by atoms with E-state index in [1.54, 1.807) is 24.3 Å². The summed E-state index contributed by atoms with van der Waals surface area (Å²) in [5.41, 5.74) is 11.5. The summed E-state index contributed by atoms with van der Waals surface area (Å²) in [6, 6.07) is 6.10. The fourth-order valence-electron chi connectivity index (χ4n) is 2.27. The van der Waals surface area contributed by atoms with Gasteiger partial charge in [-0.3, -0.25) is 4.79 Å². The molecule has 0 heterocycles. The zero-order valence-electron chi connectivity index (χ0n) is 10.6. The van der Waals surface area contributed by atoms with E-state index in [-0.39, 0.29) is 5.91 Å². The third-order valence-corrected chi connectivity index (χ3v) is 3.36. The highest BCUT2D eigenvalue weighted by molar-refractivity contribution is 5.98. The average Bonchev–Trinajstić information content (AvgIpc) is 2.79. The summed E-state index contributed by atoms with van der Waals surface area (Å²) < 4.78 is 0. The van der Waals surface area contributed by atoms with Gasteiger partial charge in [0.2, 0.25) is 5.91 Å². The summed E-state index contributed by atoms with van der Waals surface area (Å²) in [6.45, 7) is 0. The van der Waals surface area contributed by atoms with Gasteiger partial charge < -0.3 is 22.1 Å². The van der Waals surface area contributed by atoms with Crippen molar-refractivity contribution in [2.45, 2.75) is 31.2 Å². The number of hydrogen-bond acceptors (Lipinski definition) is 3. The maximum absolute atomic E-state index is 12.1. The zero-order valence-corrected chi connectivity index (χ0v) is 10.6. The predicted octanol–water partition coefficient (Wildman–Crippen LogP) is 1.39. The van der Waals surface area contributed by atoms with Crippen LogP contribution < -0.4 is 22.1 Å². The Morgan fingerprint density at radius 2 is 1.47 bits per heavy atom. The highest BCUT2D eigenvalue weighted by Crippen LogP contribution is 2.28. The number of urea groups is 1. The maximum atomic E-state index is 12.1. The highest BCUT2D eigenvalue weighted by atomic mass is 16.2. The molecule has 1 saturated carbocycles. The quantitative estimate of drug-likeness (QED) is 0.660. The van der Waals surface area contributed by atoms with Gasteiger partial charge in [-0.05, 0) is 37.1 Å². The van der Waals surface area contributed by atoms with E-state index in [1.165, 1.54) is 0 Å². The number of anilines is 2. The van der Waals surface area contributed by atoms with Gasteiger partial charge in [0.1, 0.15) is 0 Å². The van der Waals surface area contributed by atoms with Crippen LogP contribution in [-0.4, -0.2) is 17.5 Å². The van der Waals surface area contributed by atoms with Crippen molar-refractivity contribution in [1.29, 1.82) is 0 Å². The first kappa shape index (κ1) is 13.4. The Hall–Kier alpha value is -2.08. The molecule has 1 fully saturated rings. The van der Waals surface area contributed by atoms with Crippen molar-refractivity contribution in [3.05, 3.63) is 24.3 Å². The molecule has 0 bridgehead atoms. The summed E-state index contributed by atoms with van der Waals surface area (Å²) in [5.74, 6) is -0.152. The number of primary amides is 1. The van der Waals surface area contributed by atoms with Crippen LogP contribution in [0.3, 0.4) is 0 Å². The molecule has 0 radical (unpaired) electrons. The molecule has 19 heavy (non-hydrogen) atoms. The van der Waals surface area contributed by atoms with Gasteiger partial charge in [-0.15, -0.1) is 0 Å². The predicted molar refractivity (Wildman–Crippen MR) is 73.7 cm³/mol. The lowest BCUT2D eigenvalue weighted by atomic mass is 9.98. The van der Waals surface area contributed by atoms with Gasteiger partial charge in [0.05, 0.1) is 5.54 Å². The Morgan fingerprint density at radius 1 is 1.00 bits per heavy atom. The molecule has 0 aromatic heterocycles. The Balaban J connectivity index is 1.99. The Kier molecular flexibility index (Phi) is 3.71. The van der Waals surface area contributed by atoms with Crippen molar-refractivity contribution in [2.75, 3.05) is 10.6 Å². The second kappa shape index (κ2) is 5.27. The Labute approximate surface area is 111 Å². The van der Waals surface area contributed by atoms with Crippen LogP contribution in [0.15, 0.2) is 24.3 Å². The minimum Gasteiger partial charge on any atom is -0.351 e. The summed E-state index contributed by atoms with van der Waals surface area (Å²) in [7, 11) is 0. The van der Waals surface area contributed by atoms with Crippen LogP contribution in [0.1, 0.15) is 25.7 Å². The molecule has 102 valence electrons. The van der Waals surface area contributed by atoms with Crippen molar-refractivity contribution in [3.63, 3.8) is 0 Å². The summed E-state index contributed by atoms with van der Waals surface area (Å²) >= 11 is 0. The van der Waals surface area contributed by atoms with Crippen LogP contribution in [0.2, 0.25) is 0 Å². The van der Waals surface area contributed by atoms with E-state index >= 15 is 0 Å². The standard InChI is InChI=1S/C13H18N4O2/c14-12(19)17-10-5-3-9(4-6-10)16-11(18)13(15)7-1-2-8-13/h3-6H,1-2,7-8,15H2,(H,16,18)(H3,14,17,19). The third-order valence-electron chi connectivity index (χ3n) is 3.36. The number of rotatable bonds is 3. The molecule has 2 rings (SSSR count). The second-order valence-electron chi connectivity index (χ2n) is 4.88. The normalized spacial score (nSPS) is 16.9. The van der Waals surface area contributed by atoms with Crippen LogP contribution in [0.4, 0.5) is 16.2 Å². The minimum absolute atomic E-state index is 0.152. The monoisotopic (exact) mass is 262 g/mol. The van der Waals surface area contributed by atoms with Crippen LogP contribution in [0, 0.1) is 0 Å². The van der Waals surface area contributed by atoms with Gasteiger partial charge in [-0.2, -0.15) is 0 Å². The van der Waals surface area contributed by atoms with Gasteiger partial charge in [-0.1, -0.05) is 12.8 Å². The summed E-state index contributed by atoms with van der Waals surface area (Å²) in [6.07, 6.45) is 3.43. The first-order chi connectivity index (χ1) is 8.99. The fourth-order valence-corrected chi connectivity index (χ4v) is 2.27. The molecule has 1 aromatic rings. The lowest BCUT2D eigenvalue weighted by molar-refractivity contribution is -0.121. The number of nitrogens with two attached hydrogens (primary N) is 2.